The van der Waals surface area contributed by atoms with Crippen molar-refractivity contribution in [1.82, 2.24) is 0 Å². The van der Waals surface area contributed by atoms with E-state index in [1.807, 2.05) is 0 Å². The number of aliphatic hydroxyl groups is 3. The van der Waals surface area contributed by atoms with Gasteiger partial charge in [-0.1, -0.05) is 0 Å². The Morgan fingerprint density at radius 1 is 1.21 bits per heavy atom. The molecule has 1 amide bonds. The first kappa shape index (κ1) is 12.2. The van der Waals surface area contributed by atoms with Crippen LogP contribution in [0.3, 0.4) is 0 Å². The number of amides is 1. The van der Waals surface area contributed by atoms with Crippen LogP contribution in [0.15, 0.2) is 20.2 Å². The maximum absolute atomic E-state index is 11.4. The molecule has 0 spiro atoms. The maximum Gasteiger partial charge on any atom is 0.301 e. The lowest BCUT2D eigenvalue weighted by Crippen LogP contribution is -2.42. The molecule has 1 saturated heterocycles. The van der Waals surface area contributed by atoms with Gasteiger partial charge in [-0.25, -0.2) is 4.99 Å². The van der Waals surface area contributed by atoms with Crippen LogP contribution < -0.4 is 0 Å². The Hall–Kier alpha value is -1.81. The molecule has 0 aromatic heterocycles. The Bertz CT molecular complexity index is 552. The van der Waals surface area contributed by atoms with Gasteiger partial charge in [0.25, 0.3) is 0 Å². The summed E-state index contributed by atoms with van der Waals surface area (Å²) in [5, 5.41) is 36.0. The van der Waals surface area contributed by atoms with Gasteiger partial charge in [0.1, 0.15) is 42.2 Å². The molecule has 4 atom stereocenters. The molecule has 0 aromatic carbocycles. The molecule has 0 saturated carbocycles. The molecule has 3 rings (SSSR count). The van der Waals surface area contributed by atoms with Gasteiger partial charge in [0.15, 0.2) is 5.71 Å². The van der Waals surface area contributed by atoms with Crippen molar-refractivity contribution in [2.24, 2.45) is 20.2 Å². The zero-order valence-electron chi connectivity index (χ0n) is 9.54. The summed E-state index contributed by atoms with van der Waals surface area (Å²) >= 11 is 0. The van der Waals surface area contributed by atoms with Crippen molar-refractivity contribution < 1.29 is 24.9 Å². The molecule has 9 nitrogen and oxygen atoms in total. The standard InChI is InChI=1S/C10H10N4O5/c15-1-3-7(16)8(17)9(19-3)5-4-6(14-13-5)10(18)12-2-11-4/h2-3,7-9,15-17H,1H2. The summed E-state index contributed by atoms with van der Waals surface area (Å²) in [5.74, 6) is -0.574. The fraction of sp³-hybridized carbons (Fsp3) is 0.500. The Labute approximate surface area is 106 Å². The van der Waals surface area contributed by atoms with E-state index in [-0.39, 0.29) is 17.1 Å². The molecule has 0 aliphatic carbocycles. The molecule has 19 heavy (non-hydrogen) atoms. The lowest BCUT2D eigenvalue weighted by atomic mass is 9.99. The van der Waals surface area contributed by atoms with Crippen LogP contribution in [0, 0.1) is 0 Å². The average Bonchev–Trinajstić information content (AvgIpc) is 2.94. The first-order valence-corrected chi connectivity index (χ1v) is 5.57. The summed E-state index contributed by atoms with van der Waals surface area (Å²) in [6.45, 7) is -0.442. The third-order valence-corrected chi connectivity index (χ3v) is 3.10. The number of ether oxygens (including phenoxy) is 1. The van der Waals surface area contributed by atoms with Gasteiger partial charge in [0.05, 0.1) is 6.61 Å². The van der Waals surface area contributed by atoms with E-state index in [1.165, 1.54) is 0 Å². The van der Waals surface area contributed by atoms with E-state index in [0.29, 0.717) is 0 Å². The molecule has 0 radical (unpaired) electrons. The van der Waals surface area contributed by atoms with Gasteiger partial charge in [-0.2, -0.15) is 4.99 Å². The van der Waals surface area contributed by atoms with E-state index in [4.69, 9.17) is 9.84 Å². The first-order valence-electron chi connectivity index (χ1n) is 5.57. The predicted molar refractivity (Wildman–Crippen MR) is 63.6 cm³/mol. The number of hydrogen-bond acceptors (Lipinski definition) is 8. The minimum absolute atomic E-state index is 0.0183. The molecule has 3 aliphatic rings. The quantitative estimate of drug-likeness (QED) is 0.499. The molecule has 0 bridgehead atoms. The lowest BCUT2D eigenvalue weighted by molar-refractivity contribution is -0.111. The van der Waals surface area contributed by atoms with E-state index in [0.717, 1.165) is 6.34 Å². The number of carbonyl (C=O) groups is 1. The van der Waals surface area contributed by atoms with Crippen LogP contribution >= 0.6 is 0 Å². The SMILES string of the molecule is O=C1N=CN=C2C1=NN=C2C1OC(CO)C(O)C1O. The Morgan fingerprint density at radius 2 is 2.00 bits per heavy atom. The highest BCUT2D eigenvalue weighted by Gasteiger charge is 2.48. The summed E-state index contributed by atoms with van der Waals surface area (Å²) in [6, 6.07) is 0. The number of fused-ring (bicyclic) bond motifs is 1. The largest absolute Gasteiger partial charge is 0.394 e. The van der Waals surface area contributed by atoms with Gasteiger partial charge in [0, 0.05) is 0 Å². The number of hydrogen-bond donors (Lipinski definition) is 3. The molecular weight excluding hydrogens is 256 g/mol. The van der Waals surface area contributed by atoms with E-state index in [2.05, 4.69) is 20.2 Å². The lowest BCUT2D eigenvalue weighted by Gasteiger charge is -2.15. The van der Waals surface area contributed by atoms with Gasteiger partial charge >= 0.3 is 5.91 Å². The van der Waals surface area contributed by atoms with Crippen molar-refractivity contribution in [1.29, 1.82) is 0 Å². The van der Waals surface area contributed by atoms with Crippen LogP contribution in [0.1, 0.15) is 0 Å². The van der Waals surface area contributed by atoms with E-state index in [9.17, 15) is 15.0 Å². The summed E-state index contributed by atoms with van der Waals surface area (Å²) in [6.07, 6.45) is -3.36. The van der Waals surface area contributed by atoms with Crippen LogP contribution in [-0.4, -0.2) is 75.7 Å². The number of aliphatic imine (C=N–C) groups is 2. The molecule has 1 fully saturated rings. The van der Waals surface area contributed by atoms with Gasteiger partial charge < -0.3 is 20.1 Å². The van der Waals surface area contributed by atoms with Gasteiger partial charge in [-0.15, -0.1) is 10.2 Å². The average molecular weight is 266 g/mol. The fourth-order valence-corrected chi connectivity index (χ4v) is 2.11. The van der Waals surface area contributed by atoms with Gasteiger partial charge in [-0.05, 0) is 0 Å². The summed E-state index contributed by atoms with van der Waals surface area (Å²) in [5.41, 5.74) is 0.307. The van der Waals surface area contributed by atoms with Crippen molar-refractivity contribution in [3.05, 3.63) is 0 Å². The Morgan fingerprint density at radius 3 is 2.68 bits per heavy atom. The molecule has 0 aromatic rings. The fourth-order valence-electron chi connectivity index (χ4n) is 2.11. The monoisotopic (exact) mass is 266 g/mol. The summed E-state index contributed by atoms with van der Waals surface area (Å²) in [7, 11) is 0. The van der Waals surface area contributed by atoms with Crippen molar-refractivity contribution in [2.75, 3.05) is 6.61 Å². The smallest absolute Gasteiger partial charge is 0.301 e. The van der Waals surface area contributed by atoms with Crippen LogP contribution in [-0.2, 0) is 9.53 Å². The number of carbonyl (C=O) groups excluding carboxylic acids is 1. The van der Waals surface area contributed by atoms with E-state index < -0.39 is 36.9 Å². The predicted octanol–water partition coefficient (Wildman–Crippen LogP) is -2.71. The maximum atomic E-state index is 11.4. The minimum atomic E-state index is -1.28. The van der Waals surface area contributed by atoms with Crippen molar-refractivity contribution >= 4 is 29.4 Å². The Kier molecular flexibility index (Phi) is 2.82. The minimum Gasteiger partial charge on any atom is -0.394 e. The highest BCUT2D eigenvalue weighted by Crippen LogP contribution is 2.25. The highest BCUT2D eigenvalue weighted by molar-refractivity contribution is 6.84. The van der Waals surface area contributed by atoms with Crippen LogP contribution in [0.4, 0.5) is 0 Å². The second-order valence-electron chi connectivity index (χ2n) is 4.22. The number of nitrogens with zero attached hydrogens (tertiary/aromatic N) is 4. The highest BCUT2D eigenvalue weighted by atomic mass is 16.6. The number of aliphatic hydroxyl groups excluding tert-OH is 3. The van der Waals surface area contributed by atoms with Gasteiger partial charge in [-0.3, -0.25) is 4.79 Å². The molecular formula is C10H10N4O5. The van der Waals surface area contributed by atoms with E-state index >= 15 is 0 Å². The van der Waals surface area contributed by atoms with E-state index in [1.54, 1.807) is 0 Å². The van der Waals surface area contributed by atoms with Crippen molar-refractivity contribution in [3.63, 3.8) is 0 Å². The molecule has 9 heteroatoms. The normalized spacial score (nSPS) is 37.0. The zero-order chi connectivity index (χ0) is 13.6. The Balaban J connectivity index is 1.88. The van der Waals surface area contributed by atoms with Gasteiger partial charge in [0.2, 0.25) is 0 Å². The summed E-state index contributed by atoms with van der Waals surface area (Å²) in [4.78, 5) is 18.8. The van der Waals surface area contributed by atoms with Crippen LogP contribution in [0.2, 0.25) is 0 Å². The third kappa shape index (κ3) is 1.75. The third-order valence-electron chi connectivity index (χ3n) is 3.10. The topological polar surface area (TPSA) is 136 Å². The second kappa shape index (κ2) is 4.38. The van der Waals surface area contributed by atoms with Crippen molar-refractivity contribution in [3.8, 4) is 0 Å². The van der Waals surface area contributed by atoms with Crippen LogP contribution in [0.5, 0.6) is 0 Å². The number of rotatable bonds is 2. The summed E-state index contributed by atoms with van der Waals surface area (Å²) < 4.78 is 5.31. The first-order chi connectivity index (χ1) is 9.13. The second-order valence-corrected chi connectivity index (χ2v) is 4.22. The zero-order valence-corrected chi connectivity index (χ0v) is 9.54. The molecule has 3 aliphatic heterocycles. The van der Waals surface area contributed by atoms with Crippen molar-refractivity contribution in [2.45, 2.75) is 24.4 Å². The molecule has 3 heterocycles. The molecule has 4 unspecified atom stereocenters. The molecule has 3 N–H and O–H groups in total. The molecule has 100 valence electrons. The van der Waals surface area contributed by atoms with Crippen LogP contribution in [0.25, 0.3) is 0 Å².